The van der Waals surface area contributed by atoms with E-state index in [9.17, 15) is 9.50 Å². The Hall–Kier alpha value is -0.890. The number of halogens is 1. The first-order valence-corrected chi connectivity index (χ1v) is 6.76. The summed E-state index contributed by atoms with van der Waals surface area (Å²) in [5.74, 6) is -0.308. The van der Waals surface area contributed by atoms with Crippen molar-refractivity contribution in [2.75, 3.05) is 0 Å². The second-order valence-corrected chi connectivity index (χ2v) is 6.28. The summed E-state index contributed by atoms with van der Waals surface area (Å²) in [5.41, 5.74) is -0.345. The molecule has 1 N–H and O–H groups in total. The summed E-state index contributed by atoms with van der Waals surface area (Å²) in [6.07, 6.45) is 3.09. The molecule has 0 radical (unpaired) electrons. The van der Waals surface area contributed by atoms with Crippen molar-refractivity contribution in [2.24, 2.45) is 5.41 Å². The lowest BCUT2D eigenvalue weighted by molar-refractivity contribution is 0.0153. The Morgan fingerprint density at radius 2 is 1.72 bits per heavy atom. The van der Waals surface area contributed by atoms with Crippen LogP contribution < -0.4 is 0 Å². The molecule has 0 amide bonds. The van der Waals surface area contributed by atoms with Crippen LogP contribution in [0.3, 0.4) is 0 Å². The summed E-state index contributed by atoms with van der Waals surface area (Å²) < 4.78 is 13.8. The number of benzene rings is 1. The van der Waals surface area contributed by atoms with Crippen molar-refractivity contribution in [2.45, 2.75) is 59.0 Å². The molecule has 1 atom stereocenters. The van der Waals surface area contributed by atoms with Crippen molar-refractivity contribution in [3.63, 3.8) is 0 Å². The van der Waals surface area contributed by atoms with E-state index in [0.29, 0.717) is 18.4 Å². The molecular formula is C16H25FO. The standard InChI is InChI=1S/C16H25FO/c1-5-16(18,12-8-11-15(2,3)4)13-9-6-7-10-14(13)17/h6-7,9-10,18H,5,8,11-12H2,1-4H3. The fourth-order valence-corrected chi connectivity index (χ4v) is 2.25. The normalized spacial score (nSPS) is 15.4. The summed E-state index contributed by atoms with van der Waals surface area (Å²) in [4.78, 5) is 0. The molecule has 102 valence electrons. The zero-order valence-electron chi connectivity index (χ0n) is 12.0. The van der Waals surface area contributed by atoms with Gasteiger partial charge in [0.05, 0.1) is 5.60 Å². The first-order chi connectivity index (χ1) is 8.28. The highest BCUT2D eigenvalue weighted by Crippen LogP contribution is 2.34. The molecule has 0 heterocycles. The highest BCUT2D eigenvalue weighted by molar-refractivity contribution is 5.24. The van der Waals surface area contributed by atoms with Gasteiger partial charge in [0.15, 0.2) is 0 Å². The lowest BCUT2D eigenvalue weighted by atomic mass is 9.82. The van der Waals surface area contributed by atoms with Crippen molar-refractivity contribution in [3.05, 3.63) is 35.6 Å². The maximum Gasteiger partial charge on any atom is 0.129 e. The van der Waals surface area contributed by atoms with Gasteiger partial charge in [0, 0.05) is 5.56 Å². The smallest absolute Gasteiger partial charge is 0.129 e. The Balaban J connectivity index is 2.77. The fourth-order valence-electron chi connectivity index (χ4n) is 2.25. The Kier molecular flexibility index (Phi) is 4.92. The van der Waals surface area contributed by atoms with Gasteiger partial charge in [-0.3, -0.25) is 0 Å². The summed E-state index contributed by atoms with van der Waals surface area (Å²) in [6.45, 7) is 8.45. The van der Waals surface area contributed by atoms with E-state index in [-0.39, 0.29) is 11.2 Å². The van der Waals surface area contributed by atoms with Gasteiger partial charge in [-0.25, -0.2) is 4.39 Å². The second-order valence-electron chi connectivity index (χ2n) is 6.28. The van der Waals surface area contributed by atoms with Crippen molar-refractivity contribution < 1.29 is 9.50 Å². The SMILES string of the molecule is CCC(O)(CCCC(C)(C)C)c1ccccc1F. The third-order valence-corrected chi connectivity index (χ3v) is 3.48. The van der Waals surface area contributed by atoms with E-state index in [1.165, 1.54) is 6.07 Å². The highest BCUT2D eigenvalue weighted by atomic mass is 19.1. The minimum Gasteiger partial charge on any atom is -0.385 e. The first-order valence-electron chi connectivity index (χ1n) is 6.76. The summed E-state index contributed by atoms with van der Waals surface area (Å²) in [5, 5.41) is 10.6. The Morgan fingerprint density at radius 1 is 1.11 bits per heavy atom. The van der Waals surface area contributed by atoms with Gasteiger partial charge < -0.3 is 5.11 Å². The molecule has 0 aliphatic carbocycles. The maximum absolute atomic E-state index is 13.8. The first kappa shape index (κ1) is 15.2. The van der Waals surface area contributed by atoms with Crippen LogP contribution in [0.25, 0.3) is 0 Å². The molecule has 0 fully saturated rings. The summed E-state index contributed by atoms with van der Waals surface area (Å²) >= 11 is 0. The maximum atomic E-state index is 13.8. The third-order valence-electron chi connectivity index (χ3n) is 3.48. The summed E-state index contributed by atoms with van der Waals surface area (Å²) in [6, 6.07) is 6.54. The molecule has 0 aromatic heterocycles. The minimum absolute atomic E-state index is 0.254. The van der Waals surface area contributed by atoms with E-state index in [1.54, 1.807) is 18.2 Å². The van der Waals surface area contributed by atoms with Crippen molar-refractivity contribution in [3.8, 4) is 0 Å². The van der Waals surface area contributed by atoms with E-state index in [2.05, 4.69) is 20.8 Å². The zero-order chi connectivity index (χ0) is 13.8. The largest absolute Gasteiger partial charge is 0.385 e. The van der Waals surface area contributed by atoms with Gasteiger partial charge in [0.2, 0.25) is 0 Å². The number of aliphatic hydroxyl groups is 1. The van der Waals surface area contributed by atoms with Crippen LogP contribution in [0.4, 0.5) is 4.39 Å². The van der Waals surface area contributed by atoms with Gasteiger partial charge >= 0.3 is 0 Å². The van der Waals surface area contributed by atoms with E-state index in [4.69, 9.17) is 0 Å². The van der Waals surface area contributed by atoms with Crippen LogP contribution in [0.15, 0.2) is 24.3 Å². The number of hydrogen-bond acceptors (Lipinski definition) is 1. The summed E-state index contributed by atoms with van der Waals surface area (Å²) in [7, 11) is 0. The average molecular weight is 252 g/mol. The molecule has 18 heavy (non-hydrogen) atoms. The fraction of sp³-hybridized carbons (Fsp3) is 0.625. The Labute approximate surface area is 110 Å². The van der Waals surface area contributed by atoms with Crippen LogP contribution in [0.5, 0.6) is 0 Å². The minimum atomic E-state index is -1.03. The number of rotatable bonds is 5. The van der Waals surface area contributed by atoms with E-state index in [1.807, 2.05) is 6.92 Å². The number of hydrogen-bond donors (Lipinski definition) is 1. The Morgan fingerprint density at radius 3 is 2.22 bits per heavy atom. The third kappa shape index (κ3) is 4.09. The molecule has 0 aliphatic rings. The molecular weight excluding hydrogens is 227 g/mol. The topological polar surface area (TPSA) is 20.2 Å². The van der Waals surface area contributed by atoms with Gasteiger partial charge in [-0.1, -0.05) is 45.9 Å². The lowest BCUT2D eigenvalue weighted by Gasteiger charge is -2.29. The molecule has 1 rings (SSSR count). The molecule has 1 nitrogen and oxygen atoms in total. The molecule has 0 bridgehead atoms. The van der Waals surface area contributed by atoms with Crippen LogP contribution in [0, 0.1) is 11.2 Å². The van der Waals surface area contributed by atoms with Crippen LogP contribution in [0.2, 0.25) is 0 Å². The van der Waals surface area contributed by atoms with Crippen LogP contribution in [-0.4, -0.2) is 5.11 Å². The molecule has 1 aromatic rings. The van der Waals surface area contributed by atoms with Crippen molar-refractivity contribution >= 4 is 0 Å². The molecule has 1 aromatic carbocycles. The second kappa shape index (κ2) is 5.83. The van der Waals surface area contributed by atoms with Gasteiger partial charge in [-0.15, -0.1) is 0 Å². The molecule has 0 spiro atoms. The van der Waals surface area contributed by atoms with Crippen molar-refractivity contribution in [1.29, 1.82) is 0 Å². The van der Waals surface area contributed by atoms with E-state index >= 15 is 0 Å². The van der Waals surface area contributed by atoms with Gasteiger partial charge in [0.25, 0.3) is 0 Å². The molecule has 0 saturated carbocycles. The molecule has 0 aliphatic heterocycles. The van der Waals surface area contributed by atoms with E-state index in [0.717, 1.165) is 12.8 Å². The predicted octanol–water partition coefficient (Wildman–Crippen LogP) is 4.64. The van der Waals surface area contributed by atoms with Crippen LogP contribution in [-0.2, 0) is 5.60 Å². The van der Waals surface area contributed by atoms with Gasteiger partial charge in [-0.2, -0.15) is 0 Å². The van der Waals surface area contributed by atoms with E-state index < -0.39 is 5.60 Å². The predicted molar refractivity (Wildman–Crippen MR) is 73.9 cm³/mol. The van der Waals surface area contributed by atoms with Gasteiger partial charge in [0.1, 0.15) is 5.82 Å². The van der Waals surface area contributed by atoms with Crippen LogP contribution in [0.1, 0.15) is 58.9 Å². The highest BCUT2D eigenvalue weighted by Gasteiger charge is 2.29. The van der Waals surface area contributed by atoms with Crippen LogP contribution >= 0.6 is 0 Å². The quantitative estimate of drug-likeness (QED) is 0.809. The zero-order valence-corrected chi connectivity index (χ0v) is 12.0. The molecule has 0 saturated heterocycles. The molecule has 1 unspecified atom stereocenters. The lowest BCUT2D eigenvalue weighted by Crippen LogP contribution is -2.26. The average Bonchev–Trinajstić information content (AvgIpc) is 2.27. The van der Waals surface area contributed by atoms with Gasteiger partial charge in [-0.05, 0) is 37.2 Å². The Bertz CT molecular complexity index is 381. The van der Waals surface area contributed by atoms with Crippen molar-refractivity contribution in [1.82, 2.24) is 0 Å². The molecule has 2 heteroatoms. The monoisotopic (exact) mass is 252 g/mol.